The fourth-order valence-corrected chi connectivity index (χ4v) is 2.43. The third-order valence-electron chi connectivity index (χ3n) is 3.20. The molecule has 2 N–H and O–H groups in total. The minimum atomic E-state index is 0.181. The van der Waals surface area contributed by atoms with Crippen LogP contribution in [0.25, 0.3) is 0 Å². The predicted molar refractivity (Wildman–Crippen MR) is 81.0 cm³/mol. The van der Waals surface area contributed by atoms with E-state index in [0.717, 1.165) is 18.7 Å². The fourth-order valence-electron chi connectivity index (χ4n) is 2.43. The topological polar surface area (TPSA) is 53.1 Å². The van der Waals surface area contributed by atoms with Gasteiger partial charge in [-0.15, -0.1) is 0 Å². The predicted octanol–water partition coefficient (Wildman–Crippen LogP) is 2.47. The first kappa shape index (κ1) is 14.6. The van der Waals surface area contributed by atoms with Gasteiger partial charge in [0, 0.05) is 18.4 Å². The number of hydrogen-bond donors (Lipinski definition) is 1. The van der Waals surface area contributed by atoms with Crippen molar-refractivity contribution in [2.45, 2.75) is 39.8 Å². The van der Waals surface area contributed by atoms with Crippen molar-refractivity contribution in [2.24, 2.45) is 5.73 Å². The summed E-state index contributed by atoms with van der Waals surface area (Å²) in [6.45, 7) is 7.57. The minimum absolute atomic E-state index is 0.181. The van der Waals surface area contributed by atoms with Gasteiger partial charge in [0.25, 0.3) is 0 Å². The fraction of sp³-hybridized carbons (Fsp3) is 0.438. The second-order valence-corrected chi connectivity index (χ2v) is 5.36. The van der Waals surface area contributed by atoms with Crippen LogP contribution in [-0.2, 0) is 13.0 Å². The Morgan fingerprint density at radius 1 is 1.30 bits per heavy atom. The molecule has 1 aromatic carbocycles. The van der Waals surface area contributed by atoms with Gasteiger partial charge in [-0.3, -0.25) is 4.68 Å². The Bertz CT molecular complexity index is 524. The van der Waals surface area contributed by atoms with Gasteiger partial charge in [0.15, 0.2) is 0 Å². The van der Waals surface area contributed by atoms with Crippen molar-refractivity contribution in [3.05, 3.63) is 47.3 Å². The van der Waals surface area contributed by atoms with Crippen molar-refractivity contribution in [2.75, 3.05) is 6.61 Å². The van der Waals surface area contributed by atoms with E-state index in [4.69, 9.17) is 10.5 Å². The molecule has 1 atom stereocenters. The standard InChI is InChI=1S/C16H23N3O/c1-12-9-15(11-14(3)17)10-13(2)16(12)20-8-7-19-6-4-5-18-19/h4-6,9-10,14H,7-8,11,17H2,1-3H3. The lowest BCUT2D eigenvalue weighted by Crippen LogP contribution is -2.18. The average molecular weight is 273 g/mol. The number of hydrogen-bond acceptors (Lipinski definition) is 3. The Morgan fingerprint density at radius 2 is 2.00 bits per heavy atom. The highest BCUT2D eigenvalue weighted by Gasteiger charge is 2.08. The zero-order valence-corrected chi connectivity index (χ0v) is 12.5. The Kier molecular flexibility index (Phi) is 4.79. The van der Waals surface area contributed by atoms with E-state index in [9.17, 15) is 0 Å². The van der Waals surface area contributed by atoms with Crippen LogP contribution < -0.4 is 10.5 Å². The highest BCUT2D eigenvalue weighted by molar-refractivity contribution is 5.43. The van der Waals surface area contributed by atoms with Crippen molar-refractivity contribution in [3.63, 3.8) is 0 Å². The first-order valence-corrected chi connectivity index (χ1v) is 7.02. The Labute approximate surface area is 120 Å². The molecule has 0 aliphatic rings. The van der Waals surface area contributed by atoms with Gasteiger partial charge in [-0.1, -0.05) is 12.1 Å². The van der Waals surface area contributed by atoms with E-state index in [2.05, 4.69) is 31.1 Å². The third-order valence-corrected chi connectivity index (χ3v) is 3.20. The second-order valence-electron chi connectivity index (χ2n) is 5.36. The molecule has 0 amide bonds. The summed E-state index contributed by atoms with van der Waals surface area (Å²) in [7, 11) is 0. The molecule has 2 aromatic rings. The number of benzene rings is 1. The maximum absolute atomic E-state index is 5.91. The summed E-state index contributed by atoms with van der Waals surface area (Å²) < 4.78 is 7.78. The van der Waals surface area contributed by atoms with Gasteiger partial charge >= 0.3 is 0 Å². The number of aryl methyl sites for hydroxylation is 2. The lowest BCUT2D eigenvalue weighted by Gasteiger charge is -2.15. The van der Waals surface area contributed by atoms with Crippen molar-refractivity contribution in [3.8, 4) is 5.75 Å². The summed E-state index contributed by atoms with van der Waals surface area (Å²) >= 11 is 0. The molecule has 0 bridgehead atoms. The van der Waals surface area contributed by atoms with E-state index in [1.54, 1.807) is 6.20 Å². The van der Waals surface area contributed by atoms with Crippen molar-refractivity contribution in [1.29, 1.82) is 0 Å². The average Bonchev–Trinajstić information content (AvgIpc) is 2.84. The van der Waals surface area contributed by atoms with Gasteiger partial charge < -0.3 is 10.5 Å². The highest BCUT2D eigenvalue weighted by atomic mass is 16.5. The van der Waals surface area contributed by atoms with Crippen LogP contribution in [0.2, 0.25) is 0 Å². The highest BCUT2D eigenvalue weighted by Crippen LogP contribution is 2.25. The molecule has 0 saturated carbocycles. The summed E-state index contributed by atoms with van der Waals surface area (Å²) in [6.07, 6.45) is 4.61. The van der Waals surface area contributed by atoms with Crippen LogP contribution in [0.1, 0.15) is 23.6 Å². The number of rotatable bonds is 6. The summed E-state index contributed by atoms with van der Waals surface area (Å²) in [4.78, 5) is 0. The van der Waals surface area contributed by atoms with Crippen LogP contribution in [0.5, 0.6) is 5.75 Å². The molecule has 20 heavy (non-hydrogen) atoms. The normalized spacial score (nSPS) is 12.4. The van der Waals surface area contributed by atoms with E-state index in [0.29, 0.717) is 6.61 Å². The lowest BCUT2D eigenvalue weighted by atomic mass is 10.0. The molecule has 1 heterocycles. The molecular formula is C16H23N3O. The molecule has 2 rings (SSSR count). The van der Waals surface area contributed by atoms with E-state index in [-0.39, 0.29) is 6.04 Å². The van der Waals surface area contributed by atoms with Gasteiger partial charge in [-0.05, 0) is 49.9 Å². The zero-order chi connectivity index (χ0) is 14.5. The second kappa shape index (κ2) is 6.57. The molecule has 108 valence electrons. The van der Waals surface area contributed by atoms with Gasteiger partial charge in [0.05, 0.1) is 6.54 Å². The maximum atomic E-state index is 5.91. The van der Waals surface area contributed by atoms with Crippen LogP contribution >= 0.6 is 0 Å². The number of ether oxygens (including phenoxy) is 1. The van der Waals surface area contributed by atoms with Crippen molar-refractivity contribution < 1.29 is 4.74 Å². The van der Waals surface area contributed by atoms with E-state index >= 15 is 0 Å². The Balaban J connectivity index is 2.00. The van der Waals surface area contributed by atoms with E-state index in [1.807, 2.05) is 23.9 Å². The molecule has 0 spiro atoms. The molecule has 1 unspecified atom stereocenters. The first-order chi connectivity index (χ1) is 9.56. The molecule has 4 heteroatoms. The number of aromatic nitrogens is 2. The van der Waals surface area contributed by atoms with Gasteiger partial charge in [-0.2, -0.15) is 5.10 Å². The van der Waals surface area contributed by atoms with Crippen LogP contribution in [0.3, 0.4) is 0 Å². The van der Waals surface area contributed by atoms with Crippen LogP contribution in [-0.4, -0.2) is 22.4 Å². The quantitative estimate of drug-likeness (QED) is 0.879. The molecule has 0 saturated heterocycles. The summed E-state index contributed by atoms with van der Waals surface area (Å²) in [5.74, 6) is 0.977. The Hall–Kier alpha value is -1.81. The molecule has 0 radical (unpaired) electrons. The largest absolute Gasteiger partial charge is 0.491 e. The minimum Gasteiger partial charge on any atom is -0.491 e. The van der Waals surface area contributed by atoms with E-state index in [1.165, 1.54) is 16.7 Å². The molecule has 0 fully saturated rings. The molecular weight excluding hydrogens is 250 g/mol. The van der Waals surface area contributed by atoms with Crippen LogP contribution in [0.15, 0.2) is 30.6 Å². The third kappa shape index (κ3) is 3.84. The van der Waals surface area contributed by atoms with Crippen LogP contribution in [0, 0.1) is 13.8 Å². The number of nitrogens with zero attached hydrogens (tertiary/aromatic N) is 2. The van der Waals surface area contributed by atoms with Crippen LogP contribution in [0.4, 0.5) is 0 Å². The molecule has 0 aliphatic carbocycles. The van der Waals surface area contributed by atoms with Crippen molar-refractivity contribution >= 4 is 0 Å². The SMILES string of the molecule is Cc1cc(CC(C)N)cc(C)c1OCCn1cccn1. The van der Waals surface area contributed by atoms with E-state index < -0.39 is 0 Å². The summed E-state index contributed by atoms with van der Waals surface area (Å²) in [5.41, 5.74) is 9.46. The molecule has 0 aliphatic heterocycles. The van der Waals surface area contributed by atoms with Crippen molar-refractivity contribution in [1.82, 2.24) is 9.78 Å². The van der Waals surface area contributed by atoms with Gasteiger partial charge in [0.1, 0.15) is 12.4 Å². The molecule has 4 nitrogen and oxygen atoms in total. The Morgan fingerprint density at radius 3 is 2.55 bits per heavy atom. The maximum Gasteiger partial charge on any atom is 0.125 e. The van der Waals surface area contributed by atoms with Gasteiger partial charge in [-0.25, -0.2) is 0 Å². The summed E-state index contributed by atoms with van der Waals surface area (Å²) in [5, 5.41) is 4.16. The van der Waals surface area contributed by atoms with Gasteiger partial charge in [0.2, 0.25) is 0 Å². The zero-order valence-electron chi connectivity index (χ0n) is 12.5. The smallest absolute Gasteiger partial charge is 0.125 e. The first-order valence-electron chi connectivity index (χ1n) is 7.02. The number of nitrogens with two attached hydrogens (primary N) is 1. The molecule has 1 aromatic heterocycles. The monoisotopic (exact) mass is 273 g/mol. The summed E-state index contributed by atoms with van der Waals surface area (Å²) in [6, 6.07) is 6.43. The lowest BCUT2D eigenvalue weighted by molar-refractivity contribution is 0.287.